The lowest BCUT2D eigenvalue weighted by Crippen LogP contribution is -2.53. The van der Waals surface area contributed by atoms with Gasteiger partial charge < -0.3 is 5.32 Å². The molecule has 3 aliphatic heterocycles. The molecule has 1 aromatic rings. The van der Waals surface area contributed by atoms with Gasteiger partial charge in [0.1, 0.15) is 11.4 Å². The summed E-state index contributed by atoms with van der Waals surface area (Å²) in [7, 11) is 0. The van der Waals surface area contributed by atoms with Crippen LogP contribution in [0.4, 0.5) is 10.1 Å². The molecule has 28 heavy (non-hydrogen) atoms. The highest BCUT2D eigenvalue weighted by atomic mass is 32.2. The maximum atomic E-state index is 14.1. The van der Waals surface area contributed by atoms with Gasteiger partial charge in [-0.1, -0.05) is 13.3 Å². The lowest BCUT2D eigenvalue weighted by molar-refractivity contribution is -0.142. The van der Waals surface area contributed by atoms with Crippen LogP contribution < -0.4 is 10.6 Å². The number of benzene rings is 1. The number of carbonyl (C=O) groups excluding carboxylic acids is 3. The quantitative estimate of drug-likeness (QED) is 0.709. The highest BCUT2D eigenvalue weighted by Crippen LogP contribution is 2.53. The van der Waals surface area contributed by atoms with Gasteiger partial charge in [-0.3, -0.25) is 24.6 Å². The van der Waals surface area contributed by atoms with E-state index in [4.69, 9.17) is 0 Å². The Balaban J connectivity index is 1.81. The van der Waals surface area contributed by atoms with Crippen LogP contribution in [-0.2, 0) is 19.9 Å². The zero-order chi connectivity index (χ0) is 20.1. The first-order chi connectivity index (χ1) is 13.5. The van der Waals surface area contributed by atoms with Gasteiger partial charge in [0, 0.05) is 23.8 Å². The van der Waals surface area contributed by atoms with Crippen molar-refractivity contribution in [2.45, 2.75) is 37.8 Å². The summed E-state index contributed by atoms with van der Waals surface area (Å²) in [6.07, 6.45) is 4.22. The Hall–Kier alpha value is -1.93. The zero-order valence-corrected chi connectivity index (χ0v) is 16.8. The highest BCUT2D eigenvalue weighted by molar-refractivity contribution is 7.98. The maximum absolute atomic E-state index is 14.1. The lowest BCUT2D eigenvalue weighted by atomic mass is 9.76. The summed E-state index contributed by atoms with van der Waals surface area (Å²) in [5.41, 5.74) is -0.466. The van der Waals surface area contributed by atoms with Crippen molar-refractivity contribution < 1.29 is 18.8 Å². The molecule has 0 unspecified atom stereocenters. The molecule has 8 heteroatoms. The van der Waals surface area contributed by atoms with Gasteiger partial charge in [-0.15, -0.1) is 0 Å². The molecule has 6 nitrogen and oxygen atoms in total. The van der Waals surface area contributed by atoms with E-state index in [-0.39, 0.29) is 23.8 Å². The fourth-order valence-corrected chi connectivity index (χ4v) is 5.35. The zero-order valence-electron chi connectivity index (χ0n) is 16.0. The Kier molecular flexibility index (Phi) is 4.95. The van der Waals surface area contributed by atoms with Crippen molar-refractivity contribution in [1.82, 2.24) is 10.2 Å². The number of fused-ring (bicyclic) bond motifs is 4. The monoisotopic (exact) mass is 405 g/mol. The van der Waals surface area contributed by atoms with E-state index in [2.05, 4.69) is 10.6 Å². The minimum Gasteiger partial charge on any atom is -0.324 e. The second kappa shape index (κ2) is 7.15. The van der Waals surface area contributed by atoms with Crippen molar-refractivity contribution in [2.75, 3.05) is 23.9 Å². The van der Waals surface area contributed by atoms with E-state index in [0.29, 0.717) is 24.2 Å². The molecule has 0 radical (unpaired) electrons. The van der Waals surface area contributed by atoms with E-state index in [1.54, 1.807) is 11.8 Å². The fraction of sp³-hybridized carbons (Fsp3) is 0.550. The van der Waals surface area contributed by atoms with Crippen molar-refractivity contribution in [3.8, 4) is 0 Å². The van der Waals surface area contributed by atoms with Gasteiger partial charge in [0.15, 0.2) is 0 Å². The first-order valence-corrected chi connectivity index (χ1v) is 11.1. The van der Waals surface area contributed by atoms with E-state index in [1.807, 2.05) is 13.2 Å². The fourth-order valence-electron chi connectivity index (χ4n) is 4.86. The van der Waals surface area contributed by atoms with Crippen molar-refractivity contribution >= 4 is 35.2 Å². The minimum absolute atomic E-state index is 0.211. The third-order valence-electron chi connectivity index (χ3n) is 6.14. The molecule has 3 aliphatic rings. The SMILES string of the molecule is CCCCN1C(=O)[C@H]2[C@@H](C1=O)[C@@]1(N[C@@H]2CCSC)C(=O)Nc2ccc(F)cc21. The summed E-state index contributed by atoms with van der Waals surface area (Å²) in [4.78, 5) is 40.9. The predicted molar refractivity (Wildman–Crippen MR) is 105 cm³/mol. The van der Waals surface area contributed by atoms with Gasteiger partial charge in [0.05, 0.1) is 11.8 Å². The van der Waals surface area contributed by atoms with E-state index in [1.165, 1.54) is 23.1 Å². The second-order valence-electron chi connectivity index (χ2n) is 7.67. The number of thioether (sulfide) groups is 1. The predicted octanol–water partition coefficient (Wildman–Crippen LogP) is 2.10. The van der Waals surface area contributed by atoms with E-state index in [9.17, 15) is 18.8 Å². The van der Waals surface area contributed by atoms with Crippen LogP contribution >= 0.6 is 11.8 Å². The number of unbranched alkanes of at least 4 members (excludes halogenated alkanes) is 1. The van der Waals surface area contributed by atoms with Crippen molar-refractivity contribution in [3.63, 3.8) is 0 Å². The number of nitrogens with zero attached hydrogens (tertiary/aromatic N) is 1. The molecule has 2 N–H and O–H groups in total. The largest absolute Gasteiger partial charge is 0.324 e. The van der Waals surface area contributed by atoms with Crippen LogP contribution in [0.25, 0.3) is 0 Å². The Morgan fingerprint density at radius 1 is 1.25 bits per heavy atom. The number of amides is 3. The molecular formula is C20H24FN3O3S. The summed E-state index contributed by atoms with van der Waals surface area (Å²) < 4.78 is 14.1. The summed E-state index contributed by atoms with van der Waals surface area (Å²) in [5.74, 6) is -2.03. The van der Waals surface area contributed by atoms with Crippen LogP contribution in [0.5, 0.6) is 0 Å². The minimum atomic E-state index is -1.39. The number of likely N-dealkylation sites (tertiary alicyclic amines) is 1. The molecule has 0 aliphatic carbocycles. The van der Waals surface area contributed by atoms with Gasteiger partial charge in [0.25, 0.3) is 0 Å². The topological polar surface area (TPSA) is 78.5 Å². The Labute approximate surface area is 167 Å². The summed E-state index contributed by atoms with van der Waals surface area (Å²) in [5, 5.41) is 6.10. The number of rotatable bonds is 6. The number of imide groups is 1. The highest BCUT2D eigenvalue weighted by Gasteiger charge is 2.70. The van der Waals surface area contributed by atoms with Crippen LogP contribution in [0.15, 0.2) is 18.2 Å². The molecule has 4 rings (SSSR count). The van der Waals surface area contributed by atoms with Crippen LogP contribution in [0, 0.1) is 17.7 Å². The van der Waals surface area contributed by atoms with E-state index >= 15 is 0 Å². The van der Waals surface area contributed by atoms with Gasteiger partial charge in [0.2, 0.25) is 17.7 Å². The first-order valence-electron chi connectivity index (χ1n) is 9.69. The normalized spacial score (nSPS) is 30.9. The van der Waals surface area contributed by atoms with E-state index in [0.717, 1.165) is 18.6 Å². The van der Waals surface area contributed by atoms with E-state index < -0.39 is 23.2 Å². The van der Waals surface area contributed by atoms with Gasteiger partial charge in [-0.25, -0.2) is 4.39 Å². The number of anilines is 1. The molecule has 4 atom stereocenters. The summed E-state index contributed by atoms with van der Waals surface area (Å²) >= 11 is 1.65. The third-order valence-corrected chi connectivity index (χ3v) is 6.78. The molecule has 0 saturated carbocycles. The molecule has 1 aromatic carbocycles. The average molecular weight is 405 g/mol. The molecule has 0 aromatic heterocycles. The summed E-state index contributed by atoms with van der Waals surface area (Å²) in [6, 6.07) is 3.80. The molecule has 150 valence electrons. The number of halogens is 1. The lowest BCUT2D eigenvalue weighted by Gasteiger charge is -2.29. The average Bonchev–Trinajstić information content (AvgIpc) is 3.24. The van der Waals surface area contributed by atoms with Crippen LogP contribution in [0.2, 0.25) is 0 Å². The maximum Gasteiger partial charge on any atom is 0.250 e. The molecular weight excluding hydrogens is 381 g/mol. The molecule has 0 bridgehead atoms. The Morgan fingerprint density at radius 3 is 2.75 bits per heavy atom. The van der Waals surface area contributed by atoms with Crippen molar-refractivity contribution in [1.29, 1.82) is 0 Å². The summed E-state index contributed by atoms with van der Waals surface area (Å²) in [6.45, 7) is 2.36. The molecule has 2 saturated heterocycles. The Bertz CT molecular complexity index is 848. The van der Waals surface area contributed by atoms with Crippen molar-refractivity contribution in [2.24, 2.45) is 11.8 Å². The first kappa shape index (κ1) is 19.4. The smallest absolute Gasteiger partial charge is 0.250 e. The van der Waals surface area contributed by atoms with Crippen molar-refractivity contribution in [3.05, 3.63) is 29.6 Å². The second-order valence-corrected chi connectivity index (χ2v) is 8.66. The van der Waals surface area contributed by atoms with Gasteiger partial charge in [-0.2, -0.15) is 11.8 Å². The number of carbonyl (C=O) groups is 3. The third kappa shape index (κ3) is 2.61. The molecule has 1 spiro atoms. The molecule has 3 heterocycles. The van der Waals surface area contributed by atoms with Crippen LogP contribution in [0.1, 0.15) is 31.7 Å². The van der Waals surface area contributed by atoms with Crippen LogP contribution in [-0.4, -0.2) is 47.2 Å². The van der Waals surface area contributed by atoms with Gasteiger partial charge >= 0.3 is 0 Å². The van der Waals surface area contributed by atoms with Gasteiger partial charge in [-0.05, 0) is 43.0 Å². The Morgan fingerprint density at radius 2 is 2.04 bits per heavy atom. The molecule has 3 amide bonds. The number of hydrogen-bond acceptors (Lipinski definition) is 5. The molecule has 2 fully saturated rings. The standard InChI is InChI=1S/C20H24FN3O3S/c1-3-4-8-24-17(25)15-14(7-9-28-2)23-20(16(15)18(24)26)12-10-11(21)5-6-13(12)22-19(20)27/h5-6,10,14-16,23H,3-4,7-9H2,1-2H3,(H,22,27)/t14-,15-,16+,20-/m1/s1. The number of nitrogens with one attached hydrogen (secondary N) is 2. The van der Waals surface area contributed by atoms with Crippen LogP contribution in [0.3, 0.4) is 0 Å². The number of hydrogen-bond donors (Lipinski definition) is 2.